The summed E-state index contributed by atoms with van der Waals surface area (Å²) in [5.74, 6) is 1.03. The first-order valence-electron chi connectivity index (χ1n) is 7.88. The lowest BCUT2D eigenvalue weighted by molar-refractivity contribution is -0.120. The van der Waals surface area contributed by atoms with Crippen LogP contribution in [0.5, 0.6) is 11.5 Å². The minimum Gasteiger partial charge on any atom is -0.493 e. The van der Waals surface area contributed by atoms with Gasteiger partial charge in [-0.3, -0.25) is 4.79 Å². The van der Waals surface area contributed by atoms with Crippen LogP contribution in [0.2, 0.25) is 0 Å². The van der Waals surface area contributed by atoms with Crippen molar-refractivity contribution in [1.29, 1.82) is 0 Å². The van der Waals surface area contributed by atoms with Crippen LogP contribution in [0.4, 0.5) is 0 Å². The highest BCUT2D eigenvalue weighted by atomic mass is 79.9. The molecule has 1 amide bonds. The third-order valence-electron chi connectivity index (χ3n) is 3.65. The summed E-state index contributed by atoms with van der Waals surface area (Å²) in [6.45, 7) is 2.10. The molecule has 25 heavy (non-hydrogen) atoms. The van der Waals surface area contributed by atoms with Gasteiger partial charge in [0, 0.05) is 0 Å². The van der Waals surface area contributed by atoms with Crippen LogP contribution in [-0.2, 0) is 17.6 Å². The number of nitrogens with zero attached hydrogens (tertiary/aromatic N) is 1. The third kappa shape index (κ3) is 5.32. The third-order valence-corrected chi connectivity index (χ3v) is 4.24. The molecule has 2 aromatic carbocycles. The van der Waals surface area contributed by atoms with Gasteiger partial charge >= 0.3 is 0 Å². The van der Waals surface area contributed by atoms with E-state index in [-0.39, 0.29) is 12.3 Å². The Morgan fingerprint density at radius 2 is 1.84 bits per heavy atom. The van der Waals surface area contributed by atoms with Gasteiger partial charge in [0.25, 0.3) is 0 Å². The first-order chi connectivity index (χ1) is 12.1. The normalized spacial score (nSPS) is 10.7. The minimum absolute atomic E-state index is 0.167. The lowest BCUT2D eigenvalue weighted by Gasteiger charge is -2.10. The number of halogens is 1. The van der Waals surface area contributed by atoms with Crippen molar-refractivity contribution in [2.75, 3.05) is 14.2 Å². The molecule has 0 aliphatic heterocycles. The number of carbonyl (C=O) groups is 1. The summed E-state index contributed by atoms with van der Waals surface area (Å²) in [5.41, 5.74) is 5.52. The van der Waals surface area contributed by atoms with Gasteiger partial charge in [0.2, 0.25) is 5.91 Å². The quantitative estimate of drug-likeness (QED) is 0.564. The second-order valence-corrected chi connectivity index (χ2v) is 6.23. The van der Waals surface area contributed by atoms with Crippen molar-refractivity contribution >= 4 is 28.1 Å². The minimum atomic E-state index is -0.167. The Hall–Kier alpha value is -2.34. The summed E-state index contributed by atoms with van der Waals surface area (Å²) in [4.78, 5) is 12.0. The van der Waals surface area contributed by atoms with Crippen LogP contribution in [0.1, 0.15) is 23.6 Å². The fourth-order valence-corrected chi connectivity index (χ4v) is 2.93. The fraction of sp³-hybridized carbons (Fsp3) is 0.263. The van der Waals surface area contributed by atoms with Crippen molar-refractivity contribution in [1.82, 2.24) is 5.43 Å². The van der Waals surface area contributed by atoms with E-state index in [4.69, 9.17) is 9.47 Å². The number of ether oxygens (including phenoxy) is 2. The molecule has 0 radical (unpaired) electrons. The largest absolute Gasteiger partial charge is 0.493 e. The van der Waals surface area contributed by atoms with E-state index in [2.05, 4.69) is 33.4 Å². The molecule has 0 aliphatic rings. The molecule has 0 saturated carbocycles. The molecule has 2 rings (SSSR count). The van der Waals surface area contributed by atoms with Crippen molar-refractivity contribution in [3.63, 3.8) is 0 Å². The van der Waals surface area contributed by atoms with E-state index < -0.39 is 0 Å². The van der Waals surface area contributed by atoms with Gasteiger partial charge in [0.1, 0.15) is 0 Å². The Labute approximate surface area is 156 Å². The molecule has 1 N–H and O–H groups in total. The number of aryl methyl sites for hydroxylation is 1. The van der Waals surface area contributed by atoms with E-state index in [1.165, 1.54) is 5.56 Å². The van der Waals surface area contributed by atoms with Crippen LogP contribution in [0, 0.1) is 0 Å². The maximum absolute atomic E-state index is 12.0. The summed E-state index contributed by atoms with van der Waals surface area (Å²) in [5, 5.41) is 4.00. The van der Waals surface area contributed by atoms with Gasteiger partial charge < -0.3 is 9.47 Å². The maximum Gasteiger partial charge on any atom is 0.244 e. The van der Waals surface area contributed by atoms with Gasteiger partial charge in [0.05, 0.1) is 31.3 Å². The van der Waals surface area contributed by atoms with E-state index >= 15 is 0 Å². The van der Waals surface area contributed by atoms with Crippen molar-refractivity contribution in [2.24, 2.45) is 5.10 Å². The van der Waals surface area contributed by atoms with E-state index in [0.29, 0.717) is 11.5 Å². The average molecular weight is 405 g/mol. The molecule has 2 aromatic rings. The first-order valence-corrected chi connectivity index (χ1v) is 8.68. The Morgan fingerprint density at radius 1 is 1.16 bits per heavy atom. The second kappa shape index (κ2) is 9.22. The summed E-state index contributed by atoms with van der Waals surface area (Å²) >= 11 is 3.42. The van der Waals surface area contributed by atoms with Crippen molar-refractivity contribution < 1.29 is 14.3 Å². The molecule has 0 bridgehead atoms. The van der Waals surface area contributed by atoms with Gasteiger partial charge in [-0.15, -0.1) is 0 Å². The summed E-state index contributed by atoms with van der Waals surface area (Å²) in [6.07, 6.45) is 2.83. The maximum atomic E-state index is 12.0. The molecule has 0 aliphatic carbocycles. The molecule has 0 atom stereocenters. The second-order valence-electron chi connectivity index (χ2n) is 5.38. The zero-order valence-electron chi connectivity index (χ0n) is 14.5. The molecule has 6 heteroatoms. The zero-order chi connectivity index (χ0) is 18.2. The van der Waals surface area contributed by atoms with Crippen LogP contribution in [0.25, 0.3) is 0 Å². The highest BCUT2D eigenvalue weighted by Crippen LogP contribution is 2.35. The smallest absolute Gasteiger partial charge is 0.244 e. The van der Waals surface area contributed by atoms with Crippen LogP contribution in [0.3, 0.4) is 0 Å². The van der Waals surface area contributed by atoms with E-state index in [0.717, 1.165) is 22.0 Å². The molecule has 0 spiro atoms. The molecule has 0 saturated heterocycles. The molecular weight excluding hydrogens is 384 g/mol. The zero-order valence-corrected chi connectivity index (χ0v) is 16.1. The van der Waals surface area contributed by atoms with Crippen LogP contribution in [0.15, 0.2) is 46.0 Å². The predicted octanol–water partition coefficient (Wildman–Crippen LogP) is 3.72. The number of amides is 1. The van der Waals surface area contributed by atoms with Crippen molar-refractivity contribution in [3.8, 4) is 11.5 Å². The predicted molar refractivity (Wildman–Crippen MR) is 103 cm³/mol. The summed E-state index contributed by atoms with van der Waals surface area (Å²) in [7, 11) is 3.14. The Balaban J connectivity index is 1.97. The molecule has 0 fully saturated rings. The molecule has 5 nitrogen and oxygen atoms in total. The van der Waals surface area contributed by atoms with Crippen LogP contribution < -0.4 is 14.9 Å². The molecule has 0 unspecified atom stereocenters. The average Bonchev–Trinajstić information content (AvgIpc) is 2.61. The molecular formula is C19H21BrN2O3. The van der Waals surface area contributed by atoms with Crippen molar-refractivity contribution in [2.45, 2.75) is 19.8 Å². The van der Waals surface area contributed by atoms with Gasteiger partial charge in [-0.2, -0.15) is 5.10 Å². The van der Waals surface area contributed by atoms with Gasteiger partial charge in [-0.25, -0.2) is 5.43 Å². The van der Waals surface area contributed by atoms with Gasteiger partial charge in [0.15, 0.2) is 11.5 Å². The van der Waals surface area contributed by atoms with Crippen molar-refractivity contribution in [3.05, 3.63) is 57.6 Å². The van der Waals surface area contributed by atoms with Gasteiger partial charge in [-0.1, -0.05) is 31.2 Å². The van der Waals surface area contributed by atoms with Gasteiger partial charge in [-0.05, 0) is 51.2 Å². The summed E-state index contributed by atoms with van der Waals surface area (Å²) in [6, 6.07) is 11.6. The number of benzene rings is 2. The summed E-state index contributed by atoms with van der Waals surface area (Å²) < 4.78 is 11.3. The molecule has 0 heterocycles. The van der Waals surface area contributed by atoms with Crippen LogP contribution >= 0.6 is 15.9 Å². The SMILES string of the molecule is CCc1ccc(CC(=O)N/N=C/c2cc(Br)c(OC)c(OC)c2)cc1. The fourth-order valence-electron chi connectivity index (χ4n) is 2.31. The monoisotopic (exact) mass is 404 g/mol. The number of rotatable bonds is 7. The Bertz CT molecular complexity index is 758. The van der Waals surface area contributed by atoms with E-state index in [1.54, 1.807) is 26.5 Å². The van der Waals surface area contributed by atoms with Crippen LogP contribution in [-0.4, -0.2) is 26.3 Å². The number of methoxy groups -OCH3 is 2. The standard InChI is InChI=1S/C19H21BrN2O3/c1-4-13-5-7-14(8-6-13)11-18(23)22-21-12-15-9-16(20)19(25-3)17(10-15)24-2/h5-10,12H,4,11H2,1-3H3,(H,22,23)/b21-12+. The highest BCUT2D eigenvalue weighted by molar-refractivity contribution is 9.10. The Kier molecular flexibility index (Phi) is 7.01. The molecule has 132 valence electrons. The van der Waals surface area contributed by atoms with E-state index in [9.17, 15) is 4.79 Å². The topological polar surface area (TPSA) is 59.9 Å². The highest BCUT2D eigenvalue weighted by Gasteiger charge is 2.09. The lowest BCUT2D eigenvalue weighted by atomic mass is 10.1. The number of nitrogens with one attached hydrogen (secondary N) is 1. The molecule has 0 aromatic heterocycles. The van der Waals surface area contributed by atoms with E-state index in [1.807, 2.05) is 30.3 Å². The number of carbonyl (C=O) groups excluding carboxylic acids is 1. The Morgan fingerprint density at radius 3 is 2.44 bits per heavy atom. The number of hydrogen-bond donors (Lipinski definition) is 1. The number of hydrogen-bond acceptors (Lipinski definition) is 4. The first kappa shape index (κ1) is 19.0. The number of hydrazone groups is 1. The lowest BCUT2D eigenvalue weighted by Crippen LogP contribution is -2.19.